The van der Waals surface area contributed by atoms with Crippen LogP contribution in [0.3, 0.4) is 0 Å². The molecule has 3 rings (SSSR count). The van der Waals surface area contributed by atoms with Crippen LogP contribution >= 0.6 is 0 Å². The first kappa shape index (κ1) is 24.5. The standard InChI is InChI=1S/C14H22N4.C10H8N2O2/c1-3-4-5-6-7-8-9-13-10-18-14(15-11-16-18)17-12(13)2;11-6-8(10(13)14)9(12)7-4-2-1-3-5-7/h10-11H,3-9H2,1-2H3;1-5H,12H2,(H,13,14)/b;9-8-. The molecule has 8 heteroatoms. The first-order chi connectivity index (χ1) is 15.5. The van der Waals surface area contributed by atoms with Crippen molar-refractivity contribution in [1.82, 2.24) is 19.6 Å². The van der Waals surface area contributed by atoms with Gasteiger partial charge in [0.25, 0.3) is 5.78 Å². The summed E-state index contributed by atoms with van der Waals surface area (Å²) in [6.07, 6.45) is 12.7. The third-order valence-corrected chi connectivity index (χ3v) is 5.04. The van der Waals surface area contributed by atoms with Crippen molar-refractivity contribution in [2.24, 2.45) is 5.73 Å². The fourth-order valence-electron chi connectivity index (χ4n) is 3.20. The van der Waals surface area contributed by atoms with E-state index in [0.29, 0.717) is 11.3 Å². The summed E-state index contributed by atoms with van der Waals surface area (Å²) < 4.78 is 1.76. The molecule has 0 bridgehead atoms. The van der Waals surface area contributed by atoms with Crippen LogP contribution in [0.2, 0.25) is 0 Å². The van der Waals surface area contributed by atoms with Gasteiger partial charge in [-0.25, -0.2) is 14.3 Å². The van der Waals surface area contributed by atoms with E-state index in [2.05, 4.69) is 35.1 Å². The molecule has 0 saturated carbocycles. The number of benzene rings is 1. The number of carboxylic acid groups (broad SMARTS) is 1. The quantitative estimate of drug-likeness (QED) is 0.292. The van der Waals surface area contributed by atoms with Crippen LogP contribution in [0, 0.1) is 18.3 Å². The normalized spacial score (nSPS) is 11.3. The van der Waals surface area contributed by atoms with Gasteiger partial charge < -0.3 is 10.8 Å². The van der Waals surface area contributed by atoms with E-state index in [4.69, 9.17) is 16.1 Å². The zero-order chi connectivity index (χ0) is 23.3. The smallest absolute Gasteiger partial charge is 0.348 e. The molecule has 0 amide bonds. The average molecular weight is 435 g/mol. The summed E-state index contributed by atoms with van der Waals surface area (Å²) in [5.41, 5.74) is 8.00. The first-order valence-corrected chi connectivity index (χ1v) is 10.8. The molecule has 0 fully saturated rings. The number of aliphatic carboxylic acids is 1. The van der Waals surface area contributed by atoms with E-state index in [0.717, 1.165) is 12.1 Å². The Kier molecular flexibility index (Phi) is 9.85. The molecule has 0 radical (unpaired) electrons. The average Bonchev–Trinajstić information content (AvgIpc) is 3.24. The summed E-state index contributed by atoms with van der Waals surface area (Å²) in [5.74, 6) is -0.618. The van der Waals surface area contributed by atoms with Gasteiger partial charge >= 0.3 is 5.97 Å². The third-order valence-electron chi connectivity index (χ3n) is 5.04. The van der Waals surface area contributed by atoms with Gasteiger partial charge in [-0.2, -0.15) is 15.3 Å². The summed E-state index contributed by atoms with van der Waals surface area (Å²) in [7, 11) is 0. The molecule has 0 aliphatic heterocycles. The summed E-state index contributed by atoms with van der Waals surface area (Å²) in [5, 5.41) is 21.3. The molecule has 0 unspecified atom stereocenters. The number of aryl methyl sites for hydroxylation is 2. The van der Waals surface area contributed by atoms with E-state index in [-0.39, 0.29) is 5.70 Å². The maximum Gasteiger partial charge on any atom is 0.348 e. The van der Waals surface area contributed by atoms with E-state index < -0.39 is 11.5 Å². The molecule has 168 valence electrons. The highest BCUT2D eigenvalue weighted by Gasteiger charge is 2.12. The second-order valence-electron chi connectivity index (χ2n) is 7.45. The van der Waals surface area contributed by atoms with Gasteiger partial charge in [0.05, 0.1) is 5.70 Å². The van der Waals surface area contributed by atoms with Gasteiger partial charge in [-0.05, 0) is 30.9 Å². The SMILES string of the molecule is CCCCCCCCc1cn2ncnc2nc1C.N#C/C(C(=O)O)=C(/N)c1ccccc1. The highest BCUT2D eigenvalue weighted by atomic mass is 16.4. The van der Waals surface area contributed by atoms with Gasteiger partial charge in [0.2, 0.25) is 0 Å². The molecule has 0 saturated heterocycles. The minimum Gasteiger partial charge on any atom is -0.477 e. The number of carboxylic acids is 1. The Morgan fingerprint density at radius 1 is 1.16 bits per heavy atom. The van der Waals surface area contributed by atoms with Gasteiger partial charge in [-0.15, -0.1) is 0 Å². The molecule has 3 N–H and O–H groups in total. The first-order valence-electron chi connectivity index (χ1n) is 10.8. The van der Waals surface area contributed by atoms with Crippen LogP contribution in [0.25, 0.3) is 11.5 Å². The van der Waals surface area contributed by atoms with Crippen molar-refractivity contribution in [2.75, 3.05) is 0 Å². The van der Waals surface area contributed by atoms with Crippen molar-refractivity contribution in [3.63, 3.8) is 0 Å². The second-order valence-corrected chi connectivity index (χ2v) is 7.45. The Labute approximate surface area is 188 Å². The summed E-state index contributed by atoms with van der Waals surface area (Å²) >= 11 is 0. The van der Waals surface area contributed by atoms with Crippen molar-refractivity contribution in [3.8, 4) is 6.07 Å². The van der Waals surface area contributed by atoms with Crippen LogP contribution in [-0.4, -0.2) is 30.7 Å². The monoisotopic (exact) mass is 434 g/mol. The molecule has 1 aromatic carbocycles. The molecule has 0 aliphatic rings. The molecule has 32 heavy (non-hydrogen) atoms. The Morgan fingerprint density at radius 3 is 2.50 bits per heavy atom. The van der Waals surface area contributed by atoms with Crippen molar-refractivity contribution in [2.45, 2.75) is 58.8 Å². The molecule has 8 nitrogen and oxygen atoms in total. The number of aromatic nitrogens is 4. The fraction of sp³-hybridized carbons (Fsp3) is 0.375. The van der Waals surface area contributed by atoms with E-state index in [9.17, 15) is 4.79 Å². The molecule has 0 spiro atoms. The number of rotatable bonds is 9. The Hall–Kier alpha value is -3.73. The number of fused-ring (bicyclic) bond motifs is 1. The Bertz CT molecular complexity index is 1080. The fourth-order valence-corrected chi connectivity index (χ4v) is 3.20. The van der Waals surface area contributed by atoms with Gasteiger partial charge in [-0.1, -0.05) is 69.4 Å². The minimum absolute atomic E-state index is 0.0133. The predicted octanol–water partition coefficient (Wildman–Crippen LogP) is 4.30. The number of hydrogen-bond acceptors (Lipinski definition) is 6. The maximum atomic E-state index is 10.6. The molecule has 3 aromatic rings. The highest BCUT2D eigenvalue weighted by Crippen LogP contribution is 2.13. The lowest BCUT2D eigenvalue weighted by molar-refractivity contribution is -0.132. The molecular formula is C24H30N6O2. The molecule has 0 atom stereocenters. The van der Waals surface area contributed by atoms with Crippen LogP contribution in [0.4, 0.5) is 0 Å². The Morgan fingerprint density at radius 2 is 1.84 bits per heavy atom. The van der Waals surface area contributed by atoms with Crippen LogP contribution < -0.4 is 5.73 Å². The minimum atomic E-state index is -1.31. The van der Waals surface area contributed by atoms with Crippen LogP contribution in [-0.2, 0) is 11.2 Å². The lowest BCUT2D eigenvalue weighted by atomic mass is 10.1. The molecular weight excluding hydrogens is 404 g/mol. The largest absolute Gasteiger partial charge is 0.477 e. The second kappa shape index (κ2) is 12.8. The van der Waals surface area contributed by atoms with E-state index >= 15 is 0 Å². The predicted molar refractivity (Wildman–Crippen MR) is 123 cm³/mol. The molecule has 2 aromatic heterocycles. The summed E-state index contributed by atoms with van der Waals surface area (Å²) in [4.78, 5) is 19.1. The van der Waals surface area contributed by atoms with Gasteiger partial charge in [0.15, 0.2) is 5.57 Å². The maximum absolute atomic E-state index is 10.6. The highest BCUT2D eigenvalue weighted by molar-refractivity contribution is 5.99. The van der Waals surface area contributed by atoms with E-state index in [1.54, 1.807) is 47.2 Å². The zero-order valence-corrected chi connectivity index (χ0v) is 18.7. The van der Waals surface area contributed by atoms with Crippen molar-refractivity contribution < 1.29 is 9.90 Å². The third kappa shape index (κ3) is 7.20. The Balaban J connectivity index is 0.000000235. The summed E-state index contributed by atoms with van der Waals surface area (Å²) in [6, 6.07) is 10.1. The van der Waals surface area contributed by atoms with Crippen LogP contribution in [0.1, 0.15) is 62.3 Å². The number of unbranched alkanes of at least 4 members (excludes halogenated alkanes) is 5. The van der Waals surface area contributed by atoms with Gasteiger partial charge in [0.1, 0.15) is 12.4 Å². The zero-order valence-electron chi connectivity index (χ0n) is 18.7. The van der Waals surface area contributed by atoms with Gasteiger partial charge in [0, 0.05) is 11.9 Å². The van der Waals surface area contributed by atoms with Crippen molar-refractivity contribution >= 4 is 17.4 Å². The van der Waals surface area contributed by atoms with Gasteiger partial charge in [-0.3, -0.25) is 0 Å². The lowest BCUT2D eigenvalue weighted by Crippen LogP contribution is -2.08. The molecule has 2 heterocycles. The number of nitrogens with two attached hydrogens (primary N) is 1. The summed E-state index contributed by atoms with van der Waals surface area (Å²) in [6.45, 7) is 4.31. The van der Waals surface area contributed by atoms with Crippen LogP contribution in [0.15, 0.2) is 48.4 Å². The molecule has 0 aliphatic carbocycles. The lowest BCUT2D eigenvalue weighted by Gasteiger charge is -2.05. The van der Waals surface area contributed by atoms with Crippen molar-refractivity contribution in [1.29, 1.82) is 5.26 Å². The number of carbonyl (C=O) groups is 1. The number of hydrogen-bond donors (Lipinski definition) is 2. The van der Waals surface area contributed by atoms with E-state index in [1.807, 2.05) is 0 Å². The number of nitrogens with zero attached hydrogens (tertiary/aromatic N) is 5. The topological polar surface area (TPSA) is 130 Å². The van der Waals surface area contributed by atoms with Crippen molar-refractivity contribution in [3.05, 3.63) is 65.2 Å². The van der Waals surface area contributed by atoms with Crippen LogP contribution in [0.5, 0.6) is 0 Å². The van der Waals surface area contributed by atoms with E-state index in [1.165, 1.54) is 44.1 Å². The number of nitriles is 1.